The van der Waals surface area contributed by atoms with Crippen LogP contribution < -0.4 is 0 Å². The van der Waals surface area contributed by atoms with E-state index in [2.05, 4.69) is 10.3 Å². The highest BCUT2D eigenvalue weighted by Crippen LogP contribution is 2.04. The SMILES string of the molecule is CCC(C(=O)O)C(/C=N\O)=N/O. The average molecular weight is 174 g/mol. The predicted molar refractivity (Wildman–Crippen MR) is 40.9 cm³/mol. The molecular weight excluding hydrogens is 164 g/mol. The molecule has 0 aromatic rings. The second-order valence-electron chi connectivity index (χ2n) is 2.07. The molecule has 0 rings (SSSR count). The molecule has 0 aliphatic heterocycles. The van der Waals surface area contributed by atoms with Crippen molar-refractivity contribution in [1.82, 2.24) is 0 Å². The number of rotatable bonds is 4. The van der Waals surface area contributed by atoms with E-state index in [4.69, 9.17) is 15.5 Å². The third-order valence-corrected chi connectivity index (χ3v) is 1.37. The summed E-state index contributed by atoms with van der Waals surface area (Å²) in [6, 6.07) is 0. The Morgan fingerprint density at radius 2 is 2.17 bits per heavy atom. The van der Waals surface area contributed by atoms with Gasteiger partial charge in [0.2, 0.25) is 0 Å². The van der Waals surface area contributed by atoms with Gasteiger partial charge >= 0.3 is 5.97 Å². The van der Waals surface area contributed by atoms with Gasteiger partial charge < -0.3 is 15.5 Å². The Balaban J connectivity index is 4.57. The number of oxime groups is 2. The summed E-state index contributed by atoms with van der Waals surface area (Å²) < 4.78 is 0. The zero-order chi connectivity index (χ0) is 9.56. The van der Waals surface area contributed by atoms with E-state index in [9.17, 15) is 4.79 Å². The molecule has 0 aromatic carbocycles. The van der Waals surface area contributed by atoms with E-state index in [0.717, 1.165) is 6.21 Å². The summed E-state index contributed by atoms with van der Waals surface area (Å²) in [5, 5.41) is 30.3. The van der Waals surface area contributed by atoms with E-state index in [1.807, 2.05) is 0 Å². The van der Waals surface area contributed by atoms with Gasteiger partial charge in [-0.25, -0.2) is 0 Å². The van der Waals surface area contributed by atoms with Crippen molar-refractivity contribution >= 4 is 17.9 Å². The van der Waals surface area contributed by atoms with Crippen LogP contribution in [-0.2, 0) is 4.79 Å². The number of hydrogen-bond acceptors (Lipinski definition) is 5. The van der Waals surface area contributed by atoms with Crippen molar-refractivity contribution < 1.29 is 20.3 Å². The number of carbonyl (C=O) groups is 1. The smallest absolute Gasteiger partial charge is 0.312 e. The molecule has 0 heterocycles. The fraction of sp³-hybridized carbons (Fsp3) is 0.500. The normalized spacial score (nSPS) is 14.9. The molecule has 68 valence electrons. The molecule has 0 aliphatic rings. The maximum Gasteiger partial charge on any atom is 0.312 e. The van der Waals surface area contributed by atoms with Crippen LogP contribution in [0.25, 0.3) is 0 Å². The predicted octanol–water partition coefficient (Wildman–Crippen LogP) is 0.387. The van der Waals surface area contributed by atoms with Crippen LogP contribution in [0, 0.1) is 5.92 Å². The van der Waals surface area contributed by atoms with Crippen molar-refractivity contribution in [2.45, 2.75) is 13.3 Å². The summed E-state index contributed by atoms with van der Waals surface area (Å²) in [5.74, 6) is -2.06. The van der Waals surface area contributed by atoms with Gasteiger partial charge in [-0.1, -0.05) is 17.2 Å². The Bertz CT molecular complexity index is 212. The van der Waals surface area contributed by atoms with Gasteiger partial charge in [0, 0.05) is 0 Å². The summed E-state index contributed by atoms with van der Waals surface area (Å²) in [7, 11) is 0. The maximum absolute atomic E-state index is 10.5. The van der Waals surface area contributed by atoms with Gasteiger partial charge in [-0.15, -0.1) is 0 Å². The fourth-order valence-corrected chi connectivity index (χ4v) is 0.755. The molecule has 0 aliphatic carbocycles. The minimum atomic E-state index is -1.12. The van der Waals surface area contributed by atoms with Crippen LogP contribution in [-0.4, -0.2) is 33.4 Å². The molecule has 3 N–H and O–H groups in total. The lowest BCUT2D eigenvalue weighted by Gasteiger charge is -2.05. The van der Waals surface area contributed by atoms with Crippen LogP contribution in [0.2, 0.25) is 0 Å². The highest BCUT2D eigenvalue weighted by Gasteiger charge is 2.21. The number of aliphatic carboxylic acids is 1. The molecule has 12 heavy (non-hydrogen) atoms. The van der Waals surface area contributed by atoms with E-state index in [1.165, 1.54) is 0 Å². The first-order valence-corrected chi connectivity index (χ1v) is 3.29. The Kier molecular flexibility index (Phi) is 4.43. The van der Waals surface area contributed by atoms with Gasteiger partial charge in [-0.05, 0) is 6.42 Å². The molecule has 1 unspecified atom stereocenters. The first-order chi connectivity index (χ1) is 5.67. The lowest BCUT2D eigenvalue weighted by molar-refractivity contribution is -0.139. The standard InChI is InChI=1S/C6H10N2O4/c1-2-4(6(9)10)5(8-12)3-7-11/h3-4,11-12H,2H2,1H3,(H,9,10)/b7-3-,8-5+. The first-order valence-electron chi connectivity index (χ1n) is 3.29. The molecule has 0 saturated heterocycles. The zero-order valence-electron chi connectivity index (χ0n) is 6.51. The minimum Gasteiger partial charge on any atom is -0.481 e. The molecule has 1 atom stereocenters. The summed E-state index contributed by atoms with van der Waals surface area (Å²) in [6.45, 7) is 1.62. The van der Waals surface area contributed by atoms with Crippen LogP contribution in [0.5, 0.6) is 0 Å². The van der Waals surface area contributed by atoms with Crippen LogP contribution in [0.4, 0.5) is 0 Å². The molecule has 0 fully saturated rings. The molecule has 0 aromatic heterocycles. The molecular formula is C6H10N2O4. The van der Waals surface area contributed by atoms with Gasteiger partial charge in [-0.2, -0.15) is 0 Å². The van der Waals surface area contributed by atoms with Gasteiger partial charge in [0.25, 0.3) is 0 Å². The van der Waals surface area contributed by atoms with E-state index < -0.39 is 11.9 Å². The first kappa shape index (κ1) is 10.4. The van der Waals surface area contributed by atoms with Crippen molar-refractivity contribution in [2.75, 3.05) is 0 Å². The zero-order valence-corrected chi connectivity index (χ0v) is 6.51. The van der Waals surface area contributed by atoms with E-state index in [-0.39, 0.29) is 12.1 Å². The number of hydrogen-bond donors (Lipinski definition) is 3. The van der Waals surface area contributed by atoms with Crippen molar-refractivity contribution in [3.05, 3.63) is 0 Å². The largest absolute Gasteiger partial charge is 0.481 e. The third-order valence-electron chi connectivity index (χ3n) is 1.37. The van der Waals surface area contributed by atoms with E-state index >= 15 is 0 Å². The quantitative estimate of drug-likeness (QED) is 0.326. The van der Waals surface area contributed by atoms with Crippen molar-refractivity contribution in [1.29, 1.82) is 0 Å². The molecule has 0 radical (unpaired) electrons. The van der Waals surface area contributed by atoms with Crippen LogP contribution in [0.3, 0.4) is 0 Å². The summed E-state index contributed by atoms with van der Waals surface area (Å²) in [4.78, 5) is 10.5. The Labute approximate surface area is 68.8 Å². The van der Waals surface area contributed by atoms with Gasteiger partial charge in [0.15, 0.2) is 0 Å². The Morgan fingerprint density at radius 1 is 1.58 bits per heavy atom. The Morgan fingerprint density at radius 3 is 2.42 bits per heavy atom. The molecule has 0 bridgehead atoms. The lowest BCUT2D eigenvalue weighted by Crippen LogP contribution is -2.24. The van der Waals surface area contributed by atoms with Crippen molar-refractivity contribution in [3.8, 4) is 0 Å². The minimum absolute atomic E-state index is 0.174. The third kappa shape index (κ3) is 2.57. The number of nitrogens with zero attached hydrogens (tertiary/aromatic N) is 2. The summed E-state index contributed by atoms with van der Waals surface area (Å²) >= 11 is 0. The monoisotopic (exact) mass is 174 g/mol. The van der Waals surface area contributed by atoms with E-state index in [0.29, 0.717) is 0 Å². The van der Waals surface area contributed by atoms with E-state index in [1.54, 1.807) is 6.92 Å². The highest BCUT2D eigenvalue weighted by atomic mass is 16.4. The second-order valence-corrected chi connectivity index (χ2v) is 2.07. The van der Waals surface area contributed by atoms with Gasteiger partial charge in [0.05, 0.1) is 6.21 Å². The maximum atomic E-state index is 10.5. The van der Waals surface area contributed by atoms with Crippen LogP contribution in [0.1, 0.15) is 13.3 Å². The topological polar surface area (TPSA) is 102 Å². The summed E-state index contributed by atoms with van der Waals surface area (Å²) in [5.41, 5.74) is -0.174. The van der Waals surface area contributed by atoms with Crippen LogP contribution >= 0.6 is 0 Å². The second kappa shape index (κ2) is 5.11. The van der Waals surface area contributed by atoms with Crippen LogP contribution in [0.15, 0.2) is 10.3 Å². The average Bonchev–Trinajstić information content (AvgIpc) is 2.03. The fourth-order valence-electron chi connectivity index (χ4n) is 0.755. The van der Waals surface area contributed by atoms with Crippen molar-refractivity contribution in [3.63, 3.8) is 0 Å². The molecule has 0 amide bonds. The Hall–Kier alpha value is -1.59. The van der Waals surface area contributed by atoms with Gasteiger partial charge in [0.1, 0.15) is 11.6 Å². The number of carboxylic acids is 1. The number of carboxylic acid groups (broad SMARTS) is 1. The molecule has 6 nitrogen and oxygen atoms in total. The van der Waals surface area contributed by atoms with Gasteiger partial charge in [-0.3, -0.25) is 4.79 Å². The lowest BCUT2D eigenvalue weighted by atomic mass is 10.0. The molecule has 0 spiro atoms. The highest BCUT2D eigenvalue weighted by molar-refractivity contribution is 6.35. The molecule has 6 heteroatoms. The molecule has 0 saturated carbocycles. The summed E-state index contributed by atoms with van der Waals surface area (Å²) in [6.07, 6.45) is 1.06. The van der Waals surface area contributed by atoms with Crippen molar-refractivity contribution in [2.24, 2.45) is 16.2 Å².